The number of ketones is 2. The summed E-state index contributed by atoms with van der Waals surface area (Å²) in [5, 5.41) is 35.1. The molecule has 3 N–H and O–H groups in total. The summed E-state index contributed by atoms with van der Waals surface area (Å²) in [6, 6.07) is 0. The van der Waals surface area contributed by atoms with E-state index in [1.165, 1.54) is 6.08 Å². The Kier molecular flexibility index (Phi) is 8.43. The number of alkyl halides is 1. The molecule has 0 heterocycles. The Morgan fingerprint density at radius 3 is 2.66 bits per heavy atom. The fraction of sp³-hybridized carbons (Fsp3) is 0.714. The van der Waals surface area contributed by atoms with Crippen LogP contribution in [0.1, 0.15) is 59.3 Å². The zero-order valence-electron chi connectivity index (χ0n) is 23.4. The number of hydrogen-bond acceptors (Lipinski definition) is 10. The summed E-state index contributed by atoms with van der Waals surface area (Å²) >= 11 is 7.40. The standard InChI is InChI=1S/C28H37ClN2O10/c1-16-11-20-19-7-6-17-12-18(32)8-9-25(17,2)27(19,29)21(33)13-26(20,3)28(16,37)22(34)15-40-24(36)14-30-23(35)5-4-10-41-31(38)39/h8-9,12,16,19-21,33,37H,4-7,10-11,13-15H2,1-3H3,(H,30,35)/t16-,19-,20-,21-,25-,26-,27-,28?/m0/s1. The topological polar surface area (TPSA) is 182 Å². The lowest BCUT2D eigenvalue weighted by Gasteiger charge is -2.63. The summed E-state index contributed by atoms with van der Waals surface area (Å²) in [6.45, 7) is 4.00. The summed E-state index contributed by atoms with van der Waals surface area (Å²) in [5.74, 6) is -3.21. The zero-order valence-corrected chi connectivity index (χ0v) is 24.1. The van der Waals surface area contributed by atoms with Crippen molar-refractivity contribution in [3.8, 4) is 0 Å². The summed E-state index contributed by atoms with van der Waals surface area (Å²) in [6.07, 6.45) is 5.45. The van der Waals surface area contributed by atoms with Gasteiger partial charge in [0.25, 0.3) is 5.09 Å². The van der Waals surface area contributed by atoms with Crippen LogP contribution in [0.5, 0.6) is 0 Å². The molecule has 0 aromatic rings. The highest BCUT2D eigenvalue weighted by Gasteiger charge is 2.74. The summed E-state index contributed by atoms with van der Waals surface area (Å²) in [4.78, 5) is 62.8. The molecule has 13 heteroatoms. The van der Waals surface area contributed by atoms with E-state index in [0.29, 0.717) is 19.3 Å². The number of allylic oxidation sites excluding steroid dienone is 4. The highest BCUT2D eigenvalue weighted by Crippen LogP contribution is 2.71. The van der Waals surface area contributed by atoms with E-state index < -0.39 is 69.2 Å². The van der Waals surface area contributed by atoms with Crippen LogP contribution in [0.3, 0.4) is 0 Å². The first-order chi connectivity index (χ1) is 19.1. The van der Waals surface area contributed by atoms with Crippen LogP contribution in [-0.4, -0.2) is 75.1 Å². The van der Waals surface area contributed by atoms with Crippen molar-refractivity contribution >= 4 is 35.0 Å². The van der Waals surface area contributed by atoms with Crippen LogP contribution in [0.25, 0.3) is 0 Å². The smallest absolute Gasteiger partial charge is 0.325 e. The Bertz CT molecular complexity index is 1200. The van der Waals surface area contributed by atoms with Gasteiger partial charge in [0.05, 0.1) is 17.6 Å². The average Bonchev–Trinajstić information content (AvgIpc) is 3.11. The molecule has 226 valence electrons. The maximum absolute atomic E-state index is 13.5. The summed E-state index contributed by atoms with van der Waals surface area (Å²) in [7, 11) is 0. The van der Waals surface area contributed by atoms with Crippen molar-refractivity contribution in [2.75, 3.05) is 19.8 Å². The molecule has 0 aliphatic heterocycles. The predicted octanol–water partition coefficient (Wildman–Crippen LogP) is 1.82. The van der Waals surface area contributed by atoms with Gasteiger partial charge in [0.2, 0.25) is 11.7 Å². The second-order valence-corrected chi connectivity index (χ2v) is 12.8. The van der Waals surface area contributed by atoms with E-state index in [1.807, 2.05) is 6.92 Å². The minimum atomic E-state index is -1.90. The minimum absolute atomic E-state index is 0.0407. The number of nitrogens with zero attached hydrogens (tertiary/aromatic N) is 1. The normalized spacial score (nSPS) is 39.1. The van der Waals surface area contributed by atoms with Gasteiger partial charge >= 0.3 is 5.97 Å². The first kappa shape index (κ1) is 31.1. The quantitative estimate of drug-likeness (QED) is 0.111. The van der Waals surface area contributed by atoms with Crippen LogP contribution < -0.4 is 5.32 Å². The van der Waals surface area contributed by atoms with Gasteiger partial charge in [-0.05, 0) is 62.0 Å². The molecular formula is C28H37ClN2O10. The van der Waals surface area contributed by atoms with E-state index in [-0.39, 0.29) is 43.5 Å². The lowest BCUT2D eigenvalue weighted by molar-refractivity contribution is -0.757. The number of hydrogen-bond donors (Lipinski definition) is 3. The van der Waals surface area contributed by atoms with Crippen LogP contribution in [0.15, 0.2) is 23.8 Å². The Balaban J connectivity index is 1.42. The molecule has 41 heavy (non-hydrogen) atoms. The molecule has 0 bridgehead atoms. The second kappa shape index (κ2) is 11.1. The number of Topliss-reactive ketones (excluding diaryl/α,β-unsaturated/α-hetero) is 1. The number of carbonyl (C=O) groups excluding carboxylic acids is 4. The lowest BCUT2D eigenvalue weighted by atomic mass is 9.45. The molecule has 4 rings (SSSR count). The first-order valence-electron chi connectivity index (χ1n) is 13.9. The number of ether oxygens (including phenoxy) is 1. The number of halogens is 1. The summed E-state index contributed by atoms with van der Waals surface area (Å²) < 4.78 is 5.10. The SMILES string of the molecule is C[C@H]1C[C@H]2[C@@H]3CCC4=CC(=O)C=C[C@]4(C)[C@@]3(Cl)[C@@H](O)C[C@]2(C)C1(O)C(=O)COC(=O)CNC(=O)CCCO[N+](=O)[O-]. The van der Waals surface area contributed by atoms with Gasteiger partial charge in [-0.2, -0.15) is 0 Å². The molecule has 1 amide bonds. The van der Waals surface area contributed by atoms with Crippen molar-refractivity contribution in [1.82, 2.24) is 5.32 Å². The molecule has 8 atom stereocenters. The number of amides is 1. The Morgan fingerprint density at radius 1 is 1.27 bits per heavy atom. The third kappa shape index (κ3) is 4.97. The van der Waals surface area contributed by atoms with Crippen molar-refractivity contribution < 1.29 is 44.1 Å². The third-order valence-corrected chi connectivity index (χ3v) is 11.1. The van der Waals surface area contributed by atoms with Crippen molar-refractivity contribution in [3.05, 3.63) is 33.9 Å². The highest BCUT2D eigenvalue weighted by atomic mass is 35.5. The van der Waals surface area contributed by atoms with E-state index in [2.05, 4.69) is 10.2 Å². The molecule has 0 radical (unpaired) electrons. The van der Waals surface area contributed by atoms with E-state index in [0.717, 1.165) is 5.57 Å². The van der Waals surface area contributed by atoms with E-state index >= 15 is 0 Å². The molecule has 4 aliphatic carbocycles. The van der Waals surface area contributed by atoms with Crippen LogP contribution in [-0.2, 0) is 28.8 Å². The van der Waals surface area contributed by atoms with Gasteiger partial charge in [0.1, 0.15) is 12.1 Å². The average molecular weight is 597 g/mol. The molecule has 0 saturated heterocycles. The monoisotopic (exact) mass is 596 g/mol. The number of aliphatic hydroxyl groups is 2. The van der Waals surface area contributed by atoms with Gasteiger partial charge in [-0.25, -0.2) is 0 Å². The van der Waals surface area contributed by atoms with Gasteiger partial charge in [0, 0.05) is 17.3 Å². The maximum atomic E-state index is 13.5. The molecule has 0 aromatic heterocycles. The highest BCUT2D eigenvalue weighted by molar-refractivity contribution is 6.26. The van der Waals surface area contributed by atoms with Gasteiger partial charge in [-0.1, -0.05) is 32.4 Å². The molecule has 0 aromatic carbocycles. The van der Waals surface area contributed by atoms with Crippen LogP contribution in [0, 0.1) is 38.7 Å². The fourth-order valence-corrected chi connectivity index (χ4v) is 8.60. The van der Waals surface area contributed by atoms with Crippen molar-refractivity contribution in [2.45, 2.75) is 75.9 Å². The number of nitrogens with one attached hydrogen (secondary N) is 1. The number of carbonyl (C=O) groups is 4. The second-order valence-electron chi connectivity index (χ2n) is 12.2. The largest absolute Gasteiger partial charge is 0.456 e. The molecule has 3 saturated carbocycles. The van der Waals surface area contributed by atoms with Crippen molar-refractivity contribution in [1.29, 1.82) is 0 Å². The zero-order chi connectivity index (χ0) is 30.4. The molecule has 12 nitrogen and oxygen atoms in total. The maximum Gasteiger partial charge on any atom is 0.325 e. The van der Waals surface area contributed by atoms with Crippen LogP contribution >= 0.6 is 11.6 Å². The number of rotatable bonds is 10. The third-order valence-electron chi connectivity index (χ3n) is 10.2. The molecule has 0 spiro atoms. The minimum Gasteiger partial charge on any atom is -0.456 e. The Morgan fingerprint density at radius 2 is 1.98 bits per heavy atom. The molecule has 4 aliphatic rings. The van der Waals surface area contributed by atoms with Gasteiger partial charge in [-0.3, -0.25) is 19.2 Å². The van der Waals surface area contributed by atoms with Gasteiger partial charge in [-0.15, -0.1) is 21.7 Å². The van der Waals surface area contributed by atoms with E-state index in [1.54, 1.807) is 26.0 Å². The Hall–Kier alpha value is -2.83. The fourth-order valence-electron chi connectivity index (χ4n) is 8.08. The number of fused-ring (bicyclic) bond motifs is 5. The molecular weight excluding hydrogens is 560 g/mol. The first-order valence-corrected chi connectivity index (χ1v) is 14.3. The van der Waals surface area contributed by atoms with Crippen molar-refractivity contribution in [3.63, 3.8) is 0 Å². The Labute approximate surface area is 242 Å². The van der Waals surface area contributed by atoms with Crippen molar-refractivity contribution in [2.24, 2.45) is 28.6 Å². The van der Waals surface area contributed by atoms with Gasteiger partial charge < -0.3 is 25.1 Å². The van der Waals surface area contributed by atoms with Crippen LogP contribution in [0.2, 0.25) is 0 Å². The molecule has 1 unspecified atom stereocenters. The molecule has 3 fully saturated rings. The summed E-state index contributed by atoms with van der Waals surface area (Å²) in [5.41, 5.74) is -2.84. The van der Waals surface area contributed by atoms with Crippen LogP contribution in [0.4, 0.5) is 0 Å². The predicted molar refractivity (Wildman–Crippen MR) is 144 cm³/mol. The lowest BCUT2D eigenvalue weighted by Crippen LogP contribution is -2.69. The van der Waals surface area contributed by atoms with Gasteiger partial charge in [0.15, 0.2) is 12.4 Å². The van der Waals surface area contributed by atoms with E-state index in [4.69, 9.17) is 16.3 Å². The number of aliphatic hydroxyl groups excluding tert-OH is 1. The van der Waals surface area contributed by atoms with E-state index in [9.17, 15) is 39.5 Å². The number of esters is 1.